The van der Waals surface area contributed by atoms with E-state index in [2.05, 4.69) is 22.6 Å². The zero-order chi connectivity index (χ0) is 12.3. The van der Waals surface area contributed by atoms with Gasteiger partial charge in [0.2, 0.25) is 0 Å². The lowest BCUT2D eigenvalue weighted by atomic mass is 9.86. The van der Waals surface area contributed by atoms with Gasteiger partial charge < -0.3 is 10.5 Å². The molecule has 1 aromatic carbocycles. The summed E-state index contributed by atoms with van der Waals surface area (Å²) in [4.78, 5) is 10.8. The first-order valence-corrected chi connectivity index (χ1v) is 6.14. The van der Waals surface area contributed by atoms with Gasteiger partial charge in [0, 0.05) is 9.49 Å². The van der Waals surface area contributed by atoms with Gasteiger partial charge in [-0.15, -0.1) is 0 Å². The van der Waals surface area contributed by atoms with Gasteiger partial charge in [-0.1, -0.05) is 19.1 Å². The van der Waals surface area contributed by atoms with Crippen LogP contribution >= 0.6 is 22.6 Å². The van der Waals surface area contributed by atoms with E-state index in [1.807, 2.05) is 45.0 Å². The molecule has 1 aromatic rings. The number of amides is 1. The molecule has 0 saturated carbocycles. The van der Waals surface area contributed by atoms with Crippen LogP contribution in [0.2, 0.25) is 0 Å². The van der Waals surface area contributed by atoms with Crippen molar-refractivity contribution in [1.82, 2.24) is 0 Å². The van der Waals surface area contributed by atoms with E-state index in [9.17, 15) is 4.79 Å². The molecule has 88 valence electrons. The minimum Gasteiger partial charge on any atom is -0.443 e. The summed E-state index contributed by atoms with van der Waals surface area (Å²) in [5.41, 5.74) is 5.59. The smallest absolute Gasteiger partial charge is 0.405 e. The average Bonchev–Trinajstić information content (AvgIpc) is 2.16. The highest BCUT2D eigenvalue weighted by Crippen LogP contribution is 2.30. The second-order valence-electron chi connectivity index (χ2n) is 4.30. The van der Waals surface area contributed by atoms with E-state index in [0.717, 1.165) is 5.56 Å². The second-order valence-corrected chi connectivity index (χ2v) is 5.54. The number of carbonyl (C=O) groups excluding carboxylic acids is 1. The number of carbonyl (C=O) groups is 1. The van der Waals surface area contributed by atoms with Crippen LogP contribution in [0, 0.1) is 3.57 Å². The molecule has 0 heterocycles. The number of rotatable bonds is 3. The SMILES string of the molecule is CC(c1ccc(I)cc1)C(C)(C)OC(N)=O. The van der Waals surface area contributed by atoms with Gasteiger partial charge in [0.25, 0.3) is 0 Å². The molecule has 0 aliphatic heterocycles. The van der Waals surface area contributed by atoms with Crippen LogP contribution in [-0.4, -0.2) is 11.7 Å². The lowest BCUT2D eigenvalue weighted by Gasteiger charge is -2.31. The molecule has 0 aromatic heterocycles. The molecule has 0 aliphatic rings. The molecule has 3 nitrogen and oxygen atoms in total. The van der Waals surface area contributed by atoms with Crippen molar-refractivity contribution in [3.8, 4) is 0 Å². The Morgan fingerprint density at radius 1 is 1.38 bits per heavy atom. The Bertz CT molecular complexity index is 373. The van der Waals surface area contributed by atoms with E-state index in [1.165, 1.54) is 3.57 Å². The lowest BCUT2D eigenvalue weighted by Crippen LogP contribution is -2.36. The fourth-order valence-corrected chi connectivity index (χ4v) is 1.86. The molecule has 1 atom stereocenters. The molecular formula is C12H16INO2. The predicted octanol–water partition coefficient (Wildman–Crippen LogP) is 3.27. The van der Waals surface area contributed by atoms with Crippen LogP contribution in [0.25, 0.3) is 0 Å². The van der Waals surface area contributed by atoms with Gasteiger partial charge in [0.1, 0.15) is 5.60 Å². The van der Waals surface area contributed by atoms with Crippen molar-refractivity contribution in [2.24, 2.45) is 5.73 Å². The molecule has 0 fully saturated rings. The van der Waals surface area contributed by atoms with Crippen LogP contribution in [0.5, 0.6) is 0 Å². The Hall–Kier alpha value is -0.780. The normalized spacial score (nSPS) is 13.2. The maximum atomic E-state index is 10.8. The van der Waals surface area contributed by atoms with Crippen LogP contribution < -0.4 is 5.73 Å². The summed E-state index contributed by atoms with van der Waals surface area (Å²) < 4.78 is 6.30. The molecule has 0 radical (unpaired) electrons. The van der Waals surface area contributed by atoms with Crippen molar-refractivity contribution in [2.75, 3.05) is 0 Å². The minimum atomic E-state index is -0.734. The topological polar surface area (TPSA) is 52.3 Å². The number of nitrogens with two attached hydrogens (primary N) is 1. The van der Waals surface area contributed by atoms with Crippen molar-refractivity contribution in [1.29, 1.82) is 0 Å². The Labute approximate surface area is 109 Å². The number of halogens is 1. The number of primary amides is 1. The monoisotopic (exact) mass is 333 g/mol. The molecule has 2 N–H and O–H groups in total. The van der Waals surface area contributed by atoms with Crippen molar-refractivity contribution in [2.45, 2.75) is 32.3 Å². The van der Waals surface area contributed by atoms with Crippen LogP contribution in [0.1, 0.15) is 32.3 Å². The van der Waals surface area contributed by atoms with Gasteiger partial charge >= 0.3 is 6.09 Å². The van der Waals surface area contributed by atoms with E-state index >= 15 is 0 Å². The Morgan fingerprint density at radius 2 is 1.88 bits per heavy atom. The summed E-state index contributed by atoms with van der Waals surface area (Å²) in [7, 11) is 0. The zero-order valence-electron chi connectivity index (χ0n) is 9.66. The van der Waals surface area contributed by atoms with Crippen LogP contribution in [0.4, 0.5) is 4.79 Å². The van der Waals surface area contributed by atoms with Gasteiger partial charge in [-0.2, -0.15) is 0 Å². The van der Waals surface area contributed by atoms with Crippen LogP contribution in [-0.2, 0) is 4.74 Å². The highest BCUT2D eigenvalue weighted by Gasteiger charge is 2.30. The first-order chi connectivity index (χ1) is 7.33. The van der Waals surface area contributed by atoms with Gasteiger partial charge in [-0.05, 0) is 54.1 Å². The summed E-state index contributed by atoms with van der Waals surface area (Å²) in [6.45, 7) is 5.74. The fraction of sp³-hybridized carbons (Fsp3) is 0.417. The summed E-state index contributed by atoms with van der Waals surface area (Å²) in [6.07, 6.45) is -0.734. The van der Waals surface area contributed by atoms with E-state index in [-0.39, 0.29) is 5.92 Å². The molecule has 1 unspecified atom stereocenters. The van der Waals surface area contributed by atoms with Crippen molar-refractivity contribution >= 4 is 28.7 Å². The summed E-state index contributed by atoms with van der Waals surface area (Å²) in [5.74, 6) is 0.0944. The largest absolute Gasteiger partial charge is 0.443 e. The van der Waals surface area contributed by atoms with E-state index in [0.29, 0.717) is 0 Å². The van der Waals surface area contributed by atoms with Crippen molar-refractivity contribution < 1.29 is 9.53 Å². The fourth-order valence-electron chi connectivity index (χ4n) is 1.50. The average molecular weight is 333 g/mol. The van der Waals surface area contributed by atoms with E-state index in [1.54, 1.807) is 0 Å². The van der Waals surface area contributed by atoms with Crippen molar-refractivity contribution in [3.63, 3.8) is 0 Å². The maximum absolute atomic E-state index is 10.8. The van der Waals surface area contributed by atoms with Crippen molar-refractivity contribution in [3.05, 3.63) is 33.4 Å². The molecule has 0 bridgehead atoms. The van der Waals surface area contributed by atoms with Gasteiger partial charge in [-0.3, -0.25) is 0 Å². The van der Waals surface area contributed by atoms with Gasteiger partial charge in [0.05, 0.1) is 0 Å². The summed E-state index contributed by atoms with van der Waals surface area (Å²) >= 11 is 2.26. The summed E-state index contributed by atoms with van der Waals surface area (Å²) in [5, 5.41) is 0. The first-order valence-electron chi connectivity index (χ1n) is 5.07. The van der Waals surface area contributed by atoms with E-state index < -0.39 is 11.7 Å². The molecule has 1 rings (SSSR count). The van der Waals surface area contributed by atoms with Gasteiger partial charge in [0.15, 0.2) is 0 Å². The third-order valence-electron chi connectivity index (χ3n) is 2.78. The maximum Gasteiger partial charge on any atom is 0.405 e. The standard InChI is InChI=1S/C12H16INO2/c1-8(12(2,3)16-11(14)15)9-4-6-10(13)7-5-9/h4-8H,1-3H3,(H2,14,15). The highest BCUT2D eigenvalue weighted by atomic mass is 127. The number of benzene rings is 1. The quantitative estimate of drug-likeness (QED) is 0.863. The molecule has 0 spiro atoms. The van der Waals surface area contributed by atoms with E-state index in [4.69, 9.17) is 10.5 Å². The predicted molar refractivity (Wildman–Crippen MR) is 72.3 cm³/mol. The first kappa shape index (κ1) is 13.3. The molecular weight excluding hydrogens is 317 g/mol. The molecule has 16 heavy (non-hydrogen) atoms. The number of ether oxygens (including phenoxy) is 1. The number of hydrogen-bond acceptors (Lipinski definition) is 2. The Morgan fingerprint density at radius 3 is 2.31 bits per heavy atom. The number of hydrogen-bond donors (Lipinski definition) is 1. The Kier molecular flexibility index (Phi) is 4.18. The molecule has 0 saturated heterocycles. The molecule has 1 amide bonds. The third-order valence-corrected chi connectivity index (χ3v) is 3.50. The third kappa shape index (κ3) is 3.37. The highest BCUT2D eigenvalue weighted by molar-refractivity contribution is 14.1. The van der Waals surface area contributed by atoms with Crippen LogP contribution in [0.15, 0.2) is 24.3 Å². The molecule has 0 aliphatic carbocycles. The van der Waals surface area contributed by atoms with Crippen LogP contribution in [0.3, 0.4) is 0 Å². The lowest BCUT2D eigenvalue weighted by molar-refractivity contribution is 0.0281. The summed E-state index contributed by atoms with van der Waals surface area (Å²) in [6, 6.07) is 8.15. The zero-order valence-corrected chi connectivity index (χ0v) is 11.8. The Balaban J connectivity index is 2.88. The molecule has 4 heteroatoms. The second kappa shape index (κ2) is 5.03. The minimum absolute atomic E-state index is 0.0944. The van der Waals surface area contributed by atoms with Gasteiger partial charge in [-0.25, -0.2) is 4.79 Å².